The Morgan fingerprint density at radius 3 is 2.56 bits per heavy atom. The molecule has 0 radical (unpaired) electrons. The molecule has 0 aliphatic carbocycles. The van der Waals surface area contributed by atoms with Gasteiger partial charge in [0.2, 0.25) is 5.91 Å². The highest BCUT2D eigenvalue weighted by Crippen LogP contribution is 2.48. The lowest BCUT2D eigenvalue weighted by Crippen LogP contribution is -2.42. The number of nitrogens with one attached hydrogen (secondary N) is 1. The van der Waals surface area contributed by atoms with Gasteiger partial charge in [0, 0.05) is 17.0 Å². The Kier molecular flexibility index (Phi) is 4.26. The lowest BCUT2D eigenvalue weighted by Gasteiger charge is -2.22. The maximum atomic E-state index is 12.6. The number of thioether (sulfide) groups is 1. The van der Waals surface area contributed by atoms with Gasteiger partial charge in [0.15, 0.2) is 0 Å². The average molecular weight is 394 g/mol. The van der Waals surface area contributed by atoms with Crippen molar-refractivity contribution in [2.24, 2.45) is 0 Å². The number of amides is 2. The first kappa shape index (κ1) is 17.7. The minimum atomic E-state index is -4.77. The number of halogens is 3. The minimum absolute atomic E-state index is 0.185. The first-order valence-corrected chi connectivity index (χ1v) is 9.08. The summed E-state index contributed by atoms with van der Waals surface area (Å²) < 4.78 is 40.4. The van der Waals surface area contributed by atoms with Gasteiger partial charge in [-0.15, -0.1) is 24.9 Å². The van der Waals surface area contributed by atoms with Gasteiger partial charge in [-0.3, -0.25) is 9.59 Å². The third-order valence-electron chi connectivity index (χ3n) is 4.35. The Bertz CT molecular complexity index is 901. The van der Waals surface area contributed by atoms with Crippen molar-refractivity contribution in [1.29, 1.82) is 0 Å². The van der Waals surface area contributed by atoms with E-state index in [2.05, 4.69) is 10.1 Å². The molecule has 2 aliphatic heterocycles. The van der Waals surface area contributed by atoms with E-state index in [-0.39, 0.29) is 22.9 Å². The smallest absolute Gasteiger partial charge is 0.406 e. The van der Waals surface area contributed by atoms with Crippen LogP contribution in [0.4, 0.5) is 18.9 Å². The number of hydrogen-bond acceptors (Lipinski definition) is 4. The molecule has 2 atom stereocenters. The van der Waals surface area contributed by atoms with Crippen LogP contribution in [-0.4, -0.2) is 34.9 Å². The lowest BCUT2D eigenvalue weighted by molar-refractivity contribution is -0.274. The Hall–Kier alpha value is -2.68. The van der Waals surface area contributed by atoms with E-state index < -0.39 is 12.4 Å². The Labute approximate surface area is 156 Å². The SMILES string of the molecule is O=C(Nc1ccc(OC(F)(F)F)cc1)[C@@H]1CS[C@H]2c3ccccc3C(=O)N12. The summed E-state index contributed by atoms with van der Waals surface area (Å²) in [5, 5.41) is 2.46. The van der Waals surface area contributed by atoms with Crippen LogP contribution in [0.3, 0.4) is 0 Å². The highest BCUT2D eigenvalue weighted by Gasteiger charge is 2.48. The molecule has 2 amide bonds. The van der Waals surface area contributed by atoms with E-state index >= 15 is 0 Å². The van der Waals surface area contributed by atoms with E-state index in [9.17, 15) is 22.8 Å². The number of alkyl halides is 3. The topological polar surface area (TPSA) is 58.6 Å². The third-order valence-corrected chi connectivity index (χ3v) is 5.66. The fraction of sp³-hybridized carbons (Fsp3) is 0.222. The number of ether oxygens (including phenoxy) is 1. The molecule has 0 aromatic heterocycles. The van der Waals surface area contributed by atoms with Crippen LogP contribution in [0.15, 0.2) is 48.5 Å². The van der Waals surface area contributed by atoms with Crippen LogP contribution in [0.1, 0.15) is 21.3 Å². The molecule has 1 N–H and O–H groups in total. The monoisotopic (exact) mass is 394 g/mol. The Morgan fingerprint density at radius 2 is 1.85 bits per heavy atom. The minimum Gasteiger partial charge on any atom is -0.406 e. The van der Waals surface area contributed by atoms with Crippen molar-refractivity contribution in [2.45, 2.75) is 17.8 Å². The molecule has 0 unspecified atom stereocenters. The van der Waals surface area contributed by atoms with Crippen LogP contribution < -0.4 is 10.1 Å². The number of fused-ring (bicyclic) bond motifs is 3. The number of hydrogen-bond donors (Lipinski definition) is 1. The summed E-state index contributed by atoms with van der Waals surface area (Å²) >= 11 is 1.51. The molecule has 0 saturated carbocycles. The van der Waals surface area contributed by atoms with Crippen molar-refractivity contribution in [3.63, 3.8) is 0 Å². The van der Waals surface area contributed by atoms with Crippen molar-refractivity contribution < 1.29 is 27.5 Å². The third kappa shape index (κ3) is 3.34. The quantitative estimate of drug-likeness (QED) is 0.861. The molecule has 0 bridgehead atoms. The zero-order valence-corrected chi connectivity index (χ0v) is 14.5. The fourth-order valence-corrected chi connectivity index (χ4v) is 4.67. The summed E-state index contributed by atoms with van der Waals surface area (Å²) in [6.45, 7) is 0. The molecular formula is C18H13F3N2O3S. The first-order valence-electron chi connectivity index (χ1n) is 8.03. The molecule has 1 saturated heterocycles. The standard InChI is InChI=1S/C18H13F3N2O3S/c19-18(20,21)26-11-7-5-10(6-8-11)22-15(24)14-9-27-17-13-4-2-1-3-12(13)16(25)23(14)17/h1-8,14,17H,9H2,(H,22,24)/t14-,17-/m0/s1. The zero-order valence-electron chi connectivity index (χ0n) is 13.7. The summed E-state index contributed by atoms with van der Waals surface area (Å²) in [4.78, 5) is 26.8. The van der Waals surface area contributed by atoms with Gasteiger partial charge in [0.1, 0.15) is 17.2 Å². The van der Waals surface area contributed by atoms with Gasteiger partial charge >= 0.3 is 6.36 Å². The van der Waals surface area contributed by atoms with E-state index in [1.807, 2.05) is 12.1 Å². The summed E-state index contributed by atoms with van der Waals surface area (Å²) in [6.07, 6.45) is -4.77. The van der Waals surface area contributed by atoms with E-state index in [0.29, 0.717) is 17.0 Å². The average Bonchev–Trinajstić information content (AvgIpc) is 3.16. The normalized spacial score (nSPS) is 21.0. The zero-order chi connectivity index (χ0) is 19.2. The molecule has 2 aromatic carbocycles. The molecule has 2 aromatic rings. The Balaban J connectivity index is 1.46. The predicted octanol–water partition coefficient (Wildman–Crippen LogP) is 3.79. The molecule has 2 heterocycles. The van der Waals surface area contributed by atoms with Crippen LogP contribution in [0, 0.1) is 0 Å². The van der Waals surface area contributed by atoms with E-state index in [1.165, 1.54) is 23.9 Å². The number of rotatable bonds is 3. The highest BCUT2D eigenvalue weighted by molar-refractivity contribution is 7.99. The second-order valence-corrected chi connectivity index (χ2v) is 7.18. The van der Waals surface area contributed by atoms with Crippen LogP contribution in [-0.2, 0) is 4.79 Å². The van der Waals surface area contributed by atoms with Gasteiger partial charge in [-0.05, 0) is 35.9 Å². The number of nitrogens with zero attached hydrogens (tertiary/aromatic N) is 1. The highest BCUT2D eigenvalue weighted by atomic mass is 32.2. The molecule has 27 heavy (non-hydrogen) atoms. The van der Waals surface area contributed by atoms with Gasteiger partial charge < -0.3 is 15.0 Å². The van der Waals surface area contributed by atoms with Gasteiger partial charge in [0.25, 0.3) is 5.91 Å². The van der Waals surface area contributed by atoms with Crippen LogP contribution in [0.25, 0.3) is 0 Å². The van der Waals surface area contributed by atoms with E-state index in [0.717, 1.165) is 17.7 Å². The van der Waals surface area contributed by atoms with Crippen LogP contribution >= 0.6 is 11.8 Å². The summed E-state index contributed by atoms with van der Waals surface area (Å²) in [5.41, 5.74) is 1.82. The second kappa shape index (κ2) is 6.49. The van der Waals surface area contributed by atoms with Crippen LogP contribution in [0.5, 0.6) is 5.75 Å². The molecule has 1 fully saturated rings. The van der Waals surface area contributed by atoms with Gasteiger partial charge in [0.05, 0.1) is 0 Å². The maximum Gasteiger partial charge on any atom is 0.573 e. The van der Waals surface area contributed by atoms with Crippen molar-refractivity contribution in [3.05, 3.63) is 59.7 Å². The van der Waals surface area contributed by atoms with Crippen molar-refractivity contribution >= 4 is 29.3 Å². The van der Waals surface area contributed by atoms with Crippen molar-refractivity contribution in [3.8, 4) is 5.75 Å². The molecule has 5 nitrogen and oxygen atoms in total. The van der Waals surface area contributed by atoms with Crippen LogP contribution in [0.2, 0.25) is 0 Å². The predicted molar refractivity (Wildman–Crippen MR) is 93.4 cm³/mol. The Morgan fingerprint density at radius 1 is 1.15 bits per heavy atom. The summed E-state index contributed by atoms with van der Waals surface area (Å²) in [7, 11) is 0. The number of anilines is 1. The van der Waals surface area contributed by atoms with Gasteiger partial charge in [-0.2, -0.15) is 0 Å². The summed E-state index contributed by atoms with van der Waals surface area (Å²) in [5.74, 6) is -0.487. The fourth-order valence-electron chi connectivity index (χ4n) is 3.21. The summed E-state index contributed by atoms with van der Waals surface area (Å²) in [6, 6.07) is 11.5. The first-order chi connectivity index (χ1) is 12.8. The van der Waals surface area contributed by atoms with E-state index in [4.69, 9.17) is 0 Å². The lowest BCUT2D eigenvalue weighted by atomic mass is 10.1. The van der Waals surface area contributed by atoms with E-state index in [1.54, 1.807) is 17.0 Å². The maximum absolute atomic E-state index is 12.6. The number of benzene rings is 2. The van der Waals surface area contributed by atoms with Crippen molar-refractivity contribution in [1.82, 2.24) is 4.90 Å². The molecule has 2 aliphatic rings. The van der Waals surface area contributed by atoms with Gasteiger partial charge in [-0.25, -0.2) is 0 Å². The molecule has 140 valence electrons. The van der Waals surface area contributed by atoms with Crippen molar-refractivity contribution in [2.75, 3.05) is 11.1 Å². The molecule has 9 heteroatoms. The van der Waals surface area contributed by atoms with Gasteiger partial charge in [-0.1, -0.05) is 18.2 Å². The molecular weight excluding hydrogens is 381 g/mol. The largest absolute Gasteiger partial charge is 0.573 e. The number of carbonyl (C=O) groups excluding carboxylic acids is 2. The number of carbonyl (C=O) groups is 2. The molecule has 0 spiro atoms. The second-order valence-electron chi connectivity index (χ2n) is 6.06. The molecule has 4 rings (SSSR count).